The number of nitro groups is 1. The summed E-state index contributed by atoms with van der Waals surface area (Å²) in [4.78, 5) is 23.6. The molecule has 0 spiro atoms. The summed E-state index contributed by atoms with van der Waals surface area (Å²) in [5, 5.41) is 25.9. The first kappa shape index (κ1) is 17.3. The third-order valence-electron chi connectivity index (χ3n) is 3.74. The van der Waals surface area contributed by atoms with Crippen molar-refractivity contribution in [1.29, 1.82) is 0 Å². The van der Waals surface area contributed by atoms with Gasteiger partial charge in [-0.25, -0.2) is 0 Å². The van der Waals surface area contributed by atoms with Gasteiger partial charge in [0.1, 0.15) is 5.69 Å². The Morgan fingerprint density at radius 1 is 1.15 bits per heavy atom. The van der Waals surface area contributed by atoms with Crippen LogP contribution < -0.4 is 0 Å². The van der Waals surface area contributed by atoms with E-state index in [1.54, 1.807) is 15.9 Å². The highest BCUT2D eigenvalue weighted by molar-refractivity contribution is 7.99. The van der Waals surface area contributed by atoms with Crippen molar-refractivity contribution in [2.45, 2.75) is 5.16 Å². The normalized spacial score (nSPS) is 11.0. The van der Waals surface area contributed by atoms with Gasteiger partial charge in [-0.05, 0) is 35.7 Å². The van der Waals surface area contributed by atoms with Crippen LogP contribution in [0.25, 0.3) is 16.2 Å². The molecule has 4 aromatic rings. The van der Waals surface area contributed by atoms with Crippen LogP contribution in [0.4, 0.5) is 5.69 Å². The molecule has 3 heterocycles. The summed E-state index contributed by atoms with van der Waals surface area (Å²) in [6.07, 6.45) is 0. The number of nitro benzene ring substituents is 1. The zero-order valence-corrected chi connectivity index (χ0v) is 15.3. The maximum atomic E-state index is 12.3. The Kier molecular flexibility index (Phi) is 4.65. The van der Waals surface area contributed by atoms with Gasteiger partial charge in [-0.15, -0.1) is 21.5 Å². The van der Waals surface area contributed by atoms with Gasteiger partial charge in [-0.2, -0.15) is 9.61 Å². The molecule has 0 unspecified atom stereocenters. The molecule has 10 heteroatoms. The molecule has 0 bridgehead atoms. The van der Waals surface area contributed by atoms with Crippen molar-refractivity contribution >= 4 is 40.2 Å². The lowest BCUT2D eigenvalue weighted by molar-refractivity contribution is -0.384. The second-order valence-electron chi connectivity index (χ2n) is 5.46. The monoisotopic (exact) mass is 397 g/mol. The molecule has 8 nitrogen and oxygen atoms in total. The number of thiophene rings is 1. The van der Waals surface area contributed by atoms with Gasteiger partial charge in [-0.3, -0.25) is 14.9 Å². The van der Waals surface area contributed by atoms with E-state index < -0.39 is 4.92 Å². The molecule has 3 aromatic heterocycles. The molecule has 0 aliphatic rings. The molecule has 0 radical (unpaired) electrons. The Morgan fingerprint density at radius 3 is 2.67 bits per heavy atom. The molecule has 0 aliphatic carbocycles. The van der Waals surface area contributed by atoms with Gasteiger partial charge < -0.3 is 0 Å². The van der Waals surface area contributed by atoms with Gasteiger partial charge in [0.2, 0.25) is 5.16 Å². The predicted molar refractivity (Wildman–Crippen MR) is 102 cm³/mol. The van der Waals surface area contributed by atoms with E-state index in [0.29, 0.717) is 16.4 Å². The number of hydrogen-bond donors (Lipinski definition) is 0. The number of Topliss-reactive ketones (excluding diaryl/α,β-unsaturated/α-hetero) is 1. The van der Waals surface area contributed by atoms with Crippen LogP contribution >= 0.6 is 23.1 Å². The fourth-order valence-electron chi connectivity index (χ4n) is 2.40. The molecule has 0 atom stereocenters. The Morgan fingerprint density at radius 2 is 1.96 bits per heavy atom. The number of carbonyl (C=O) groups excluding carboxylic acids is 1. The van der Waals surface area contributed by atoms with E-state index in [1.807, 2.05) is 29.6 Å². The summed E-state index contributed by atoms with van der Waals surface area (Å²) < 4.78 is 1.61. The lowest BCUT2D eigenvalue weighted by Crippen LogP contribution is -2.04. The highest BCUT2D eigenvalue weighted by Crippen LogP contribution is 2.24. The number of fused-ring (bicyclic) bond motifs is 1. The van der Waals surface area contributed by atoms with Gasteiger partial charge in [0, 0.05) is 17.7 Å². The van der Waals surface area contributed by atoms with Gasteiger partial charge in [0.25, 0.3) is 5.69 Å². The van der Waals surface area contributed by atoms with Crippen LogP contribution in [0.2, 0.25) is 0 Å². The number of aromatic nitrogens is 4. The van der Waals surface area contributed by atoms with Crippen LogP contribution in [-0.4, -0.2) is 36.3 Å². The van der Waals surface area contributed by atoms with Gasteiger partial charge in [0.15, 0.2) is 11.4 Å². The smallest absolute Gasteiger partial charge is 0.269 e. The summed E-state index contributed by atoms with van der Waals surface area (Å²) in [6.45, 7) is 0. The van der Waals surface area contributed by atoms with E-state index >= 15 is 0 Å². The van der Waals surface area contributed by atoms with Crippen LogP contribution in [0.3, 0.4) is 0 Å². The van der Waals surface area contributed by atoms with Crippen molar-refractivity contribution in [3.63, 3.8) is 0 Å². The third kappa shape index (κ3) is 3.57. The average Bonchev–Trinajstić information content (AvgIpc) is 3.35. The summed E-state index contributed by atoms with van der Waals surface area (Å²) in [6, 6.07) is 13.2. The van der Waals surface area contributed by atoms with Crippen LogP contribution in [0.15, 0.2) is 59.1 Å². The standard InChI is InChI=1S/C17H11N5O3S2/c23-14(11-3-5-12(6-4-11)22(24)25)10-27-17-19-18-16-8-7-13(20-21(16)17)15-2-1-9-26-15/h1-9H,10H2. The van der Waals surface area contributed by atoms with Crippen LogP contribution in [-0.2, 0) is 0 Å². The zero-order chi connectivity index (χ0) is 18.8. The zero-order valence-electron chi connectivity index (χ0n) is 13.7. The molecule has 27 heavy (non-hydrogen) atoms. The van der Waals surface area contributed by atoms with Crippen LogP contribution in [0.1, 0.15) is 10.4 Å². The molecule has 4 rings (SSSR count). The second-order valence-corrected chi connectivity index (χ2v) is 7.35. The van der Waals surface area contributed by atoms with E-state index in [2.05, 4.69) is 15.3 Å². The van der Waals surface area contributed by atoms with Crippen molar-refractivity contribution in [3.8, 4) is 10.6 Å². The first-order valence-corrected chi connectivity index (χ1v) is 9.65. The summed E-state index contributed by atoms with van der Waals surface area (Å²) in [5.41, 5.74) is 1.77. The van der Waals surface area contributed by atoms with E-state index in [9.17, 15) is 14.9 Å². The molecule has 134 valence electrons. The van der Waals surface area contributed by atoms with Gasteiger partial charge >= 0.3 is 0 Å². The van der Waals surface area contributed by atoms with E-state index in [1.165, 1.54) is 36.0 Å². The van der Waals surface area contributed by atoms with Gasteiger partial charge in [0.05, 0.1) is 15.6 Å². The van der Waals surface area contributed by atoms with Crippen molar-refractivity contribution in [3.05, 3.63) is 69.6 Å². The summed E-state index contributed by atoms with van der Waals surface area (Å²) >= 11 is 2.81. The number of non-ortho nitro benzene ring substituents is 1. The van der Waals surface area contributed by atoms with Crippen molar-refractivity contribution in [2.75, 3.05) is 5.75 Å². The number of thioether (sulfide) groups is 1. The van der Waals surface area contributed by atoms with Crippen LogP contribution in [0.5, 0.6) is 0 Å². The highest BCUT2D eigenvalue weighted by atomic mass is 32.2. The molecule has 0 fully saturated rings. The Labute approximate surface area is 161 Å². The van der Waals surface area contributed by atoms with Crippen molar-refractivity contribution in [1.82, 2.24) is 19.8 Å². The number of hydrogen-bond acceptors (Lipinski definition) is 8. The number of ketones is 1. The maximum absolute atomic E-state index is 12.3. The molecular formula is C17H11N5O3S2. The molecule has 0 aliphatic heterocycles. The van der Waals surface area contributed by atoms with Crippen molar-refractivity contribution in [2.24, 2.45) is 0 Å². The number of benzene rings is 1. The van der Waals surface area contributed by atoms with E-state index in [4.69, 9.17) is 0 Å². The van der Waals surface area contributed by atoms with Crippen LogP contribution in [0, 0.1) is 10.1 Å². The summed E-state index contributed by atoms with van der Waals surface area (Å²) in [5.74, 6) is -0.0233. The average molecular weight is 397 g/mol. The molecule has 0 saturated carbocycles. The topological polar surface area (TPSA) is 103 Å². The third-order valence-corrected chi connectivity index (χ3v) is 5.55. The maximum Gasteiger partial charge on any atom is 0.269 e. The summed E-state index contributed by atoms with van der Waals surface area (Å²) in [7, 11) is 0. The Bertz CT molecular complexity index is 1120. The predicted octanol–water partition coefficient (Wildman–Crippen LogP) is 3.74. The highest BCUT2D eigenvalue weighted by Gasteiger charge is 2.14. The van der Waals surface area contributed by atoms with E-state index in [-0.39, 0.29) is 17.2 Å². The number of nitrogens with zero attached hydrogens (tertiary/aromatic N) is 5. The van der Waals surface area contributed by atoms with E-state index in [0.717, 1.165) is 10.6 Å². The minimum absolute atomic E-state index is 0.0482. The molecular weight excluding hydrogens is 386 g/mol. The second kappa shape index (κ2) is 7.25. The molecule has 1 aromatic carbocycles. The lowest BCUT2D eigenvalue weighted by atomic mass is 10.1. The van der Waals surface area contributed by atoms with Gasteiger partial charge in [-0.1, -0.05) is 17.8 Å². The number of rotatable bonds is 6. The fourth-order valence-corrected chi connectivity index (χ4v) is 3.87. The largest absolute Gasteiger partial charge is 0.293 e. The minimum atomic E-state index is -0.498. The lowest BCUT2D eigenvalue weighted by Gasteiger charge is -2.02. The molecule has 0 saturated heterocycles. The first-order valence-electron chi connectivity index (χ1n) is 7.78. The number of carbonyl (C=O) groups is 1. The quantitative estimate of drug-likeness (QED) is 0.211. The molecule has 0 amide bonds. The SMILES string of the molecule is O=C(CSc1nnc2ccc(-c3cccs3)nn12)c1ccc([N+](=O)[O-])cc1. The minimum Gasteiger partial charge on any atom is -0.293 e. The fraction of sp³-hybridized carbons (Fsp3) is 0.0588. The Balaban J connectivity index is 1.52. The van der Waals surface area contributed by atoms with Crippen molar-refractivity contribution < 1.29 is 9.72 Å². The molecule has 0 N–H and O–H groups in total. The first-order chi connectivity index (χ1) is 13.1. The Hall–Kier alpha value is -3.11.